The van der Waals surface area contributed by atoms with Crippen molar-refractivity contribution < 1.29 is 14.2 Å². The number of methoxy groups -OCH3 is 3. The van der Waals surface area contributed by atoms with E-state index in [0.29, 0.717) is 17.4 Å². The van der Waals surface area contributed by atoms with Crippen molar-refractivity contribution in [2.75, 3.05) is 32.8 Å². The minimum Gasteiger partial charge on any atom is -0.493 e. The molecule has 0 bridgehead atoms. The SMILES string of the molecule is COc1ccc(CCN2c3ccccc3SC2c2ccc(C(C)C)cc(OC)c2=O)cc1OC. The van der Waals surface area contributed by atoms with Crippen LogP contribution in [0, 0.1) is 0 Å². The maximum atomic E-state index is 13.5. The lowest BCUT2D eigenvalue weighted by Crippen LogP contribution is -2.28. The summed E-state index contributed by atoms with van der Waals surface area (Å²) in [5, 5.41) is -0.133. The number of ether oxygens (including phenoxy) is 3. The first-order valence-electron chi connectivity index (χ1n) is 11.4. The summed E-state index contributed by atoms with van der Waals surface area (Å²) in [5.74, 6) is 2.12. The van der Waals surface area contributed by atoms with E-state index in [1.54, 1.807) is 33.1 Å². The minimum atomic E-state index is -0.133. The molecule has 1 aliphatic rings. The first-order chi connectivity index (χ1) is 16.5. The molecule has 4 rings (SSSR count). The normalized spacial score (nSPS) is 14.8. The summed E-state index contributed by atoms with van der Waals surface area (Å²) < 4.78 is 16.4. The van der Waals surface area contributed by atoms with E-state index in [1.165, 1.54) is 4.90 Å². The number of thioether (sulfide) groups is 1. The molecule has 6 heteroatoms. The lowest BCUT2D eigenvalue weighted by Gasteiger charge is -2.26. The number of fused-ring (bicyclic) bond motifs is 1. The Labute approximate surface area is 205 Å². The number of hydrogen-bond acceptors (Lipinski definition) is 6. The predicted octanol–water partition coefficient (Wildman–Crippen LogP) is 6.05. The molecule has 3 aromatic rings. The molecule has 1 unspecified atom stereocenters. The molecule has 0 fully saturated rings. The van der Waals surface area contributed by atoms with Gasteiger partial charge < -0.3 is 19.1 Å². The Bertz CT molecular complexity index is 1230. The van der Waals surface area contributed by atoms with Crippen LogP contribution < -0.4 is 24.5 Å². The lowest BCUT2D eigenvalue weighted by molar-refractivity contribution is 0.354. The van der Waals surface area contributed by atoms with Gasteiger partial charge in [-0.25, -0.2) is 0 Å². The fourth-order valence-corrected chi connectivity index (χ4v) is 5.60. The molecule has 0 spiro atoms. The predicted molar refractivity (Wildman–Crippen MR) is 139 cm³/mol. The zero-order valence-corrected chi connectivity index (χ0v) is 21.1. The van der Waals surface area contributed by atoms with Gasteiger partial charge in [-0.15, -0.1) is 0 Å². The maximum Gasteiger partial charge on any atom is 0.226 e. The van der Waals surface area contributed by atoms with E-state index in [2.05, 4.69) is 43.0 Å². The number of benzene rings is 2. The molecule has 1 aliphatic heterocycles. The molecular weight excluding hydrogens is 446 g/mol. The standard InChI is InChI=1S/C28H31NO4S/c1-18(2)20-11-12-21(27(30)25(17-20)33-5)28-29(22-8-6-7-9-26(22)34-28)15-14-19-10-13-23(31-3)24(16-19)32-4/h6-13,16-18,28H,14-15H2,1-5H3. The van der Waals surface area contributed by atoms with Crippen molar-refractivity contribution in [2.45, 2.75) is 36.5 Å². The molecule has 0 saturated heterocycles. The van der Waals surface area contributed by atoms with Crippen LogP contribution in [0.1, 0.15) is 41.8 Å². The summed E-state index contributed by atoms with van der Waals surface area (Å²) >= 11 is 1.71. The highest BCUT2D eigenvalue weighted by Gasteiger charge is 2.33. The molecular formula is C28H31NO4S. The third kappa shape index (κ3) is 4.73. The highest BCUT2D eigenvalue weighted by Crippen LogP contribution is 2.50. The number of nitrogens with zero attached hydrogens (tertiary/aromatic N) is 1. The van der Waals surface area contributed by atoms with Gasteiger partial charge in [-0.05, 0) is 53.8 Å². The highest BCUT2D eigenvalue weighted by molar-refractivity contribution is 8.00. The van der Waals surface area contributed by atoms with Crippen molar-refractivity contribution in [2.24, 2.45) is 0 Å². The monoisotopic (exact) mass is 477 g/mol. The van der Waals surface area contributed by atoms with Gasteiger partial charge in [-0.2, -0.15) is 0 Å². The Hall–Kier alpha value is -3.12. The molecule has 1 atom stereocenters. The van der Waals surface area contributed by atoms with Crippen LogP contribution in [-0.4, -0.2) is 27.9 Å². The van der Waals surface area contributed by atoms with E-state index in [0.717, 1.165) is 41.1 Å². The molecule has 0 aromatic heterocycles. The Balaban J connectivity index is 1.71. The van der Waals surface area contributed by atoms with Crippen molar-refractivity contribution in [3.63, 3.8) is 0 Å². The van der Waals surface area contributed by atoms with Gasteiger partial charge in [0.15, 0.2) is 17.2 Å². The van der Waals surface area contributed by atoms with Crippen LogP contribution in [0.2, 0.25) is 0 Å². The van der Waals surface area contributed by atoms with E-state index in [-0.39, 0.29) is 10.8 Å². The Morgan fingerprint density at radius 1 is 0.882 bits per heavy atom. The smallest absolute Gasteiger partial charge is 0.226 e. The summed E-state index contributed by atoms with van der Waals surface area (Å²) in [6, 6.07) is 20.3. The van der Waals surface area contributed by atoms with Gasteiger partial charge in [0, 0.05) is 17.0 Å². The Kier molecular flexibility index (Phi) is 7.37. The van der Waals surface area contributed by atoms with Crippen LogP contribution in [-0.2, 0) is 6.42 Å². The first kappa shape index (κ1) is 24.0. The average molecular weight is 478 g/mol. The van der Waals surface area contributed by atoms with Gasteiger partial charge in [-0.3, -0.25) is 4.79 Å². The molecule has 5 nitrogen and oxygen atoms in total. The third-order valence-electron chi connectivity index (χ3n) is 6.18. The van der Waals surface area contributed by atoms with Gasteiger partial charge >= 0.3 is 0 Å². The first-order valence-corrected chi connectivity index (χ1v) is 12.3. The van der Waals surface area contributed by atoms with E-state index < -0.39 is 0 Å². The molecule has 0 aliphatic carbocycles. The molecule has 34 heavy (non-hydrogen) atoms. The van der Waals surface area contributed by atoms with Crippen molar-refractivity contribution in [3.05, 3.63) is 87.6 Å². The quantitative estimate of drug-likeness (QED) is 0.394. The van der Waals surface area contributed by atoms with Crippen LogP contribution in [0.25, 0.3) is 0 Å². The second kappa shape index (κ2) is 10.4. The summed E-state index contributed by atoms with van der Waals surface area (Å²) in [4.78, 5) is 17.0. The fourth-order valence-electron chi connectivity index (χ4n) is 4.23. The van der Waals surface area contributed by atoms with Crippen LogP contribution in [0.4, 0.5) is 5.69 Å². The molecule has 0 amide bonds. The van der Waals surface area contributed by atoms with Gasteiger partial charge in [0.25, 0.3) is 0 Å². The van der Waals surface area contributed by atoms with E-state index >= 15 is 0 Å². The second-order valence-electron chi connectivity index (χ2n) is 8.56. The van der Waals surface area contributed by atoms with Crippen molar-refractivity contribution in [1.82, 2.24) is 0 Å². The van der Waals surface area contributed by atoms with E-state index in [1.807, 2.05) is 36.4 Å². The lowest BCUT2D eigenvalue weighted by atomic mass is 10.1. The molecule has 0 saturated carbocycles. The molecule has 0 radical (unpaired) electrons. The zero-order valence-electron chi connectivity index (χ0n) is 20.3. The number of hydrogen-bond donors (Lipinski definition) is 0. The molecule has 1 heterocycles. The summed E-state index contributed by atoms with van der Waals surface area (Å²) in [7, 11) is 4.85. The van der Waals surface area contributed by atoms with E-state index in [4.69, 9.17) is 14.2 Å². The van der Waals surface area contributed by atoms with Gasteiger partial charge in [0.2, 0.25) is 5.43 Å². The summed E-state index contributed by atoms with van der Waals surface area (Å²) in [6.07, 6.45) is 0.799. The van der Waals surface area contributed by atoms with Gasteiger partial charge in [-0.1, -0.05) is 55.9 Å². The van der Waals surface area contributed by atoms with Crippen LogP contribution in [0.5, 0.6) is 17.2 Å². The number of anilines is 1. The van der Waals surface area contributed by atoms with Crippen LogP contribution in [0.15, 0.2) is 70.4 Å². The van der Waals surface area contributed by atoms with Gasteiger partial charge in [0.05, 0.1) is 27.0 Å². The minimum absolute atomic E-state index is 0.0594. The Morgan fingerprint density at radius 3 is 2.32 bits per heavy atom. The molecule has 0 N–H and O–H groups in total. The van der Waals surface area contributed by atoms with Crippen molar-refractivity contribution in [3.8, 4) is 17.2 Å². The third-order valence-corrected chi connectivity index (χ3v) is 7.51. The molecule has 3 aromatic carbocycles. The fraction of sp³-hybridized carbons (Fsp3) is 0.321. The summed E-state index contributed by atoms with van der Waals surface area (Å²) in [5.41, 5.74) is 4.05. The number of rotatable bonds is 8. The largest absolute Gasteiger partial charge is 0.493 e. The maximum absolute atomic E-state index is 13.5. The van der Waals surface area contributed by atoms with Crippen LogP contribution >= 0.6 is 11.8 Å². The topological polar surface area (TPSA) is 48.0 Å². The average Bonchev–Trinajstić information content (AvgIpc) is 3.12. The Morgan fingerprint density at radius 2 is 1.62 bits per heavy atom. The van der Waals surface area contributed by atoms with Crippen molar-refractivity contribution in [1.29, 1.82) is 0 Å². The number of para-hydroxylation sites is 1. The molecule has 178 valence electrons. The second-order valence-corrected chi connectivity index (χ2v) is 9.68. The van der Waals surface area contributed by atoms with E-state index in [9.17, 15) is 4.79 Å². The van der Waals surface area contributed by atoms with Crippen LogP contribution in [0.3, 0.4) is 0 Å². The summed E-state index contributed by atoms with van der Waals surface area (Å²) in [6.45, 7) is 4.99. The van der Waals surface area contributed by atoms with Crippen molar-refractivity contribution >= 4 is 17.4 Å². The zero-order chi connectivity index (χ0) is 24.2. The van der Waals surface area contributed by atoms with Gasteiger partial charge in [0.1, 0.15) is 5.37 Å². The highest BCUT2D eigenvalue weighted by atomic mass is 32.2.